The minimum atomic E-state index is -0.944. The lowest BCUT2D eigenvalue weighted by atomic mass is 9.94. The van der Waals surface area contributed by atoms with Crippen LogP contribution in [0.4, 0.5) is 20.6 Å². The molecule has 5 aromatic rings. The third-order valence-corrected chi connectivity index (χ3v) is 9.78. The number of hydrogen-bond acceptors (Lipinski definition) is 7. The Kier molecular flexibility index (Phi) is 13.4. The second kappa shape index (κ2) is 18.4. The topological polar surface area (TPSA) is 117 Å². The van der Waals surface area contributed by atoms with E-state index in [0.717, 1.165) is 28.1 Å². The van der Waals surface area contributed by atoms with Gasteiger partial charge in [0.15, 0.2) is 5.79 Å². The van der Waals surface area contributed by atoms with Gasteiger partial charge >= 0.3 is 12.1 Å². The summed E-state index contributed by atoms with van der Waals surface area (Å²) in [6, 6.07) is 32.3. The van der Waals surface area contributed by atoms with Crippen LogP contribution in [-0.4, -0.2) is 46.1 Å². The van der Waals surface area contributed by atoms with Gasteiger partial charge in [-0.2, -0.15) is 0 Å². The van der Waals surface area contributed by atoms with Gasteiger partial charge in [0.05, 0.1) is 29.9 Å². The number of rotatable bonds is 13. The summed E-state index contributed by atoms with van der Waals surface area (Å²) in [4.78, 5) is 40.1. The standard InChI is InChI=1S/C48H54FN3O7/c1-31(2)43-42(45(54)50-36-22-24-37(25-23-36)51-46(55)56-30-32-14-10-8-11-15-32)41(33-16-12-9-13-17-33)44(34-18-20-35(49)21-19-34)52(43)27-26-38-28-39(58-48(6,7)57-38)29-40(53)59-47(3,4)5/h8-25,31,38-39H,26-30H2,1-7H3,(H,50,54)(H,51,55)/t38-,39-/m1/s1. The van der Waals surface area contributed by atoms with Gasteiger partial charge in [-0.15, -0.1) is 0 Å². The number of amides is 2. The lowest BCUT2D eigenvalue weighted by Crippen LogP contribution is -2.46. The Morgan fingerprint density at radius 1 is 0.814 bits per heavy atom. The van der Waals surface area contributed by atoms with E-state index in [4.69, 9.17) is 18.9 Å². The van der Waals surface area contributed by atoms with Crippen molar-refractivity contribution in [3.8, 4) is 22.4 Å². The van der Waals surface area contributed by atoms with Gasteiger partial charge in [-0.05, 0) is 112 Å². The summed E-state index contributed by atoms with van der Waals surface area (Å²) in [5, 5.41) is 5.84. The monoisotopic (exact) mass is 803 g/mol. The molecule has 1 fully saturated rings. The third-order valence-electron chi connectivity index (χ3n) is 9.78. The molecule has 0 saturated carbocycles. The minimum absolute atomic E-state index is 0.0972. The zero-order chi connectivity index (χ0) is 42.3. The summed E-state index contributed by atoms with van der Waals surface area (Å²) in [7, 11) is 0. The van der Waals surface area contributed by atoms with E-state index in [-0.39, 0.29) is 42.7 Å². The van der Waals surface area contributed by atoms with Crippen molar-refractivity contribution in [3.63, 3.8) is 0 Å². The fourth-order valence-corrected chi connectivity index (χ4v) is 7.56. The number of carbonyl (C=O) groups is 3. The zero-order valence-electron chi connectivity index (χ0n) is 34.8. The van der Waals surface area contributed by atoms with Gasteiger partial charge in [0.2, 0.25) is 0 Å². The highest BCUT2D eigenvalue weighted by molar-refractivity contribution is 6.12. The Morgan fingerprint density at radius 2 is 1.41 bits per heavy atom. The second-order valence-electron chi connectivity index (χ2n) is 16.6. The van der Waals surface area contributed by atoms with Crippen LogP contribution >= 0.6 is 0 Å². The molecule has 1 aliphatic rings. The predicted octanol–water partition coefficient (Wildman–Crippen LogP) is 11.1. The van der Waals surface area contributed by atoms with Crippen molar-refractivity contribution in [2.45, 2.75) is 110 Å². The molecule has 1 aliphatic heterocycles. The van der Waals surface area contributed by atoms with Crippen LogP contribution in [0.1, 0.15) is 95.3 Å². The smallest absolute Gasteiger partial charge is 0.411 e. The number of aromatic nitrogens is 1. The van der Waals surface area contributed by atoms with E-state index in [2.05, 4.69) is 15.2 Å². The van der Waals surface area contributed by atoms with E-state index in [9.17, 15) is 18.8 Å². The van der Waals surface area contributed by atoms with Crippen LogP contribution in [0, 0.1) is 5.82 Å². The Hall–Kier alpha value is -5.78. The van der Waals surface area contributed by atoms with Crippen LogP contribution in [0.3, 0.4) is 0 Å². The predicted molar refractivity (Wildman–Crippen MR) is 228 cm³/mol. The molecule has 310 valence electrons. The van der Waals surface area contributed by atoms with Crippen molar-refractivity contribution in [1.29, 1.82) is 0 Å². The zero-order valence-corrected chi connectivity index (χ0v) is 34.8. The van der Waals surface area contributed by atoms with Crippen LogP contribution in [-0.2, 0) is 36.9 Å². The first-order chi connectivity index (χ1) is 28.0. The number of ether oxygens (including phenoxy) is 4. The van der Waals surface area contributed by atoms with Crippen LogP contribution < -0.4 is 10.6 Å². The molecule has 0 spiro atoms. The first-order valence-electron chi connectivity index (χ1n) is 20.1. The summed E-state index contributed by atoms with van der Waals surface area (Å²) in [6.45, 7) is 13.9. The Balaban J connectivity index is 1.32. The van der Waals surface area contributed by atoms with Gasteiger partial charge < -0.3 is 28.8 Å². The molecule has 2 atom stereocenters. The SMILES string of the molecule is CC(C)c1c(C(=O)Nc2ccc(NC(=O)OCc3ccccc3)cc2)c(-c2ccccc2)c(-c2ccc(F)cc2)n1CC[C@@H]1C[C@H](CC(=O)OC(C)(C)C)OC(C)(C)O1. The van der Waals surface area contributed by atoms with Crippen molar-refractivity contribution in [1.82, 2.24) is 4.57 Å². The average Bonchev–Trinajstić information content (AvgIpc) is 3.52. The molecule has 1 aromatic heterocycles. The number of nitrogens with one attached hydrogen (secondary N) is 2. The molecular formula is C48H54FN3O7. The summed E-state index contributed by atoms with van der Waals surface area (Å²) in [5.41, 5.74) is 5.65. The number of hydrogen-bond donors (Lipinski definition) is 2. The van der Waals surface area contributed by atoms with E-state index in [0.29, 0.717) is 41.9 Å². The maximum atomic E-state index is 14.7. The maximum Gasteiger partial charge on any atom is 0.411 e. The van der Waals surface area contributed by atoms with Gasteiger partial charge in [-0.25, -0.2) is 9.18 Å². The van der Waals surface area contributed by atoms with Crippen molar-refractivity contribution >= 4 is 29.3 Å². The molecule has 0 aliphatic carbocycles. The average molecular weight is 804 g/mol. The summed E-state index contributed by atoms with van der Waals surface area (Å²) in [6.07, 6.45) is -0.177. The molecule has 2 heterocycles. The molecule has 59 heavy (non-hydrogen) atoms. The first-order valence-corrected chi connectivity index (χ1v) is 20.1. The Morgan fingerprint density at radius 3 is 2.02 bits per heavy atom. The van der Waals surface area contributed by atoms with E-state index < -0.39 is 23.6 Å². The Bertz CT molecular complexity index is 2210. The van der Waals surface area contributed by atoms with Gasteiger partial charge in [-0.3, -0.25) is 14.9 Å². The van der Waals surface area contributed by atoms with Crippen LogP contribution in [0.15, 0.2) is 109 Å². The van der Waals surface area contributed by atoms with Crippen molar-refractivity contribution in [2.24, 2.45) is 0 Å². The number of benzene rings is 4. The maximum absolute atomic E-state index is 14.7. The van der Waals surface area contributed by atoms with E-state index in [1.54, 1.807) is 36.4 Å². The highest BCUT2D eigenvalue weighted by Crippen LogP contribution is 2.43. The lowest BCUT2D eigenvalue weighted by molar-refractivity contribution is -0.301. The number of anilines is 2. The fourth-order valence-electron chi connectivity index (χ4n) is 7.56. The minimum Gasteiger partial charge on any atom is -0.460 e. The van der Waals surface area contributed by atoms with Crippen molar-refractivity contribution in [3.05, 3.63) is 132 Å². The molecule has 1 saturated heterocycles. The van der Waals surface area contributed by atoms with E-state index >= 15 is 0 Å². The van der Waals surface area contributed by atoms with Crippen molar-refractivity contribution in [2.75, 3.05) is 10.6 Å². The number of nitrogens with zero attached hydrogens (tertiary/aromatic N) is 1. The number of esters is 1. The summed E-state index contributed by atoms with van der Waals surface area (Å²) in [5.74, 6) is -2.08. The van der Waals surface area contributed by atoms with Gasteiger partial charge in [0, 0.05) is 35.6 Å². The summed E-state index contributed by atoms with van der Waals surface area (Å²) < 4.78 is 40.2. The highest BCUT2D eigenvalue weighted by Gasteiger charge is 2.38. The molecule has 2 N–H and O–H groups in total. The van der Waals surface area contributed by atoms with Crippen LogP contribution in [0.5, 0.6) is 0 Å². The molecular weight excluding hydrogens is 750 g/mol. The van der Waals surface area contributed by atoms with E-state index in [1.807, 2.05) is 109 Å². The molecule has 2 amide bonds. The van der Waals surface area contributed by atoms with Gasteiger partial charge in [0.1, 0.15) is 18.0 Å². The largest absolute Gasteiger partial charge is 0.460 e. The van der Waals surface area contributed by atoms with Gasteiger partial charge in [0.25, 0.3) is 5.91 Å². The molecule has 0 radical (unpaired) electrons. The molecule has 11 heteroatoms. The lowest BCUT2D eigenvalue weighted by Gasteiger charge is -2.41. The third kappa shape index (κ3) is 11.5. The number of carbonyl (C=O) groups excluding carboxylic acids is 3. The fraction of sp³-hybridized carbons (Fsp3) is 0.354. The van der Waals surface area contributed by atoms with Gasteiger partial charge in [-0.1, -0.05) is 74.5 Å². The molecule has 6 rings (SSSR count). The van der Waals surface area contributed by atoms with Crippen LogP contribution in [0.2, 0.25) is 0 Å². The Labute approximate surface area is 346 Å². The van der Waals surface area contributed by atoms with Crippen molar-refractivity contribution < 1.29 is 37.7 Å². The molecule has 10 nitrogen and oxygen atoms in total. The molecule has 0 unspecified atom stereocenters. The second-order valence-corrected chi connectivity index (χ2v) is 16.6. The molecule has 4 aromatic carbocycles. The highest BCUT2D eigenvalue weighted by atomic mass is 19.1. The normalized spacial score (nSPS) is 16.4. The number of halogens is 1. The quantitative estimate of drug-likeness (QED) is 0.114. The molecule has 0 bridgehead atoms. The summed E-state index contributed by atoms with van der Waals surface area (Å²) >= 11 is 0. The van der Waals surface area contributed by atoms with Crippen LogP contribution in [0.25, 0.3) is 22.4 Å². The first kappa shape index (κ1) is 42.8. The van der Waals surface area contributed by atoms with E-state index in [1.165, 1.54) is 12.1 Å².